The van der Waals surface area contributed by atoms with Crippen molar-refractivity contribution >= 4 is 38.0 Å². The molecule has 4 nitrogen and oxygen atoms in total. The molecule has 0 radical (unpaired) electrons. The van der Waals surface area contributed by atoms with E-state index in [4.69, 9.17) is 16.4 Å². The van der Waals surface area contributed by atoms with Crippen molar-refractivity contribution in [1.29, 1.82) is 0 Å². The van der Waals surface area contributed by atoms with E-state index in [2.05, 4.69) is 23.1 Å². The van der Waals surface area contributed by atoms with Crippen molar-refractivity contribution in [3.8, 4) is 0 Å². The van der Waals surface area contributed by atoms with Gasteiger partial charge < -0.3 is 0 Å². The number of hydrogen-bond donors (Lipinski definition) is 2. The van der Waals surface area contributed by atoms with Gasteiger partial charge in [-0.05, 0) is 55.5 Å². The van der Waals surface area contributed by atoms with Crippen LogP contribution in [0.2, 0.25) is 5.02 Å². The first kappa shape index (κ1) is 13.6. The van der Waals surface area contributed by atoms with Crippen LogP contribution in [0.25, 0.3) is 10.1 Å². The normalized spacial score (nSPS) is 34.1. The Morgan fingerprint density at radius 3 is 2.86 bits per heavy atom. The molecule has 1 atom stereocenters. The number of hydrogen-bond acceptors (Lipinski definition) is 5. The van der Waals surface area contributed by atoms with Crippen molar-refractivity contribution in [2.24, 2.45) is 11.8 Å². The van der Waals surface area contributed by atoms with E-state index < -0.39 is 0 Å². The summed E-state index contributed by atoms with van der Waals surface area (Å²) in [5.41, 5.74) is 6.47. The highest BCUT2D eigenvalue weighted by Crippen LogP contribution is 2.49. The smallest absolute Gasteiger partial charge is 0.163 e. The summed E-state index contributed by atoms with van der Waals surface area (Å²) in [5.74, 6) is 1.41. The van der Waals surface area contributed by atoms with Crippen molar-refractivity contribution in [2.45, 2.75) is 37.8 Å². The third-order valence-corrected chi connectivity index (χ3v) is 7.02. The molecule has 3 saturated carbocycles. The number of nitrogens with one attached hydrogen (secondary N) is 2. The summed E-state index contributed by atoms with van der Waals surface area (Å²) in [7, 11) is 0. The summed E-state index contributed by atoms with van der Waals surface area (Å²) >= 11 is 7.97. The average molecular weight is 336 g/mol. The lowest BCUT2D eigenvalue weighted by atomic mass is 9.66. The molecule has 1 aliphatic heterocycles. The van der Waals surface area contributed by atoms with Crippen LogP contribution in [0.5, 0.6) is 0 Å². The van der Waals surface area contributed by atoms with E-state index in [9.17, 15) is 0 Å². The Bertz CT molecular complexity index is 727. The largest absolute Gasteiger partial charge is 0.257 e. The number of hydrazine groups is 2. The van der Waals surface area contributed by atoms with Gasteiger partial charge in [0.25, 0.3) is 0 Å². The number of benzene rings is 1. The predicted octanol–water partition coefficient (Wildman–Crippen LogP) is 4.22. The molecule has 1 saturated heterocycles. The fraction of sp³-hybridized carbons (Fsp3) is 0.500. The molecule has 1 aromatic carbocycles. The molecule has 1 unspecified atom stereocenters. The Morgan fingerprint density at radius 2 is 2.14 bits per heavy atom. The minimum Gasteiger partial charge on any atom is -0.257 e. The number of nitrogens with zero attached hydrogens (tertiary/aromatic N) is 1. The number of fused-ring (bicyclic) bond motifs is 3. The van der Waals surface area contributed by atoms with Crippen LogP contribution in [0.1, 0.15) is 32.1 Å². The van der Waals surface area contributed by atoms with Gasteiger partial charge in [0, 0.05) is 5.92 Å². The summed E-state index contributed by atoms with van der Waals surface area (Å²) < 4.78 is 1.12. The van der Waals surface area contributed by atoms with Crippen LogP contribution in [0.4, 0.5) is 5.00 Å². The van der Waals surface area contributed by atoms with Crippen LogP contribution in [-0.4, -0.2) is 5.72 Å². The van der Waals surface area contributed by atoms with Gasteiger partial charge in [-0.25, -0.2) is 5.12 Å². The molecule has 2 N–H and O–H groups in total. The van der Waals surface area contributed by atoms with Crippen molar-refractivity contribution in [3.05, 3.63) is 29.3 Å². The van der Waals surface area contributed by atoms with Gasteiger partial charge in [0.15, 0.2) is 5.72 Å². The molecule has 6 heteroatoms. The fourth-order valence-electron chi connectivity index (χ4n) is 4.28. The monoisotopic (exact) mass is 335 g/mol. The van der Waals surface area contributed by atoms with Crippen LogP contribution >= 0.6 is 22.9 Å². The summed E-state index contributed by atoms with van der Waals surface area (Å²) in [4.78, 5) is 6.05. The van der Waals surface area contributed by atoms with Crippen molar-refractivity contribution in [3.63, 3.8) is 0 Å². The number of anilines is 1. The van der Waals surface area contributed by atoms with Gasteiger partial charge in [-0.2, -0.15) is 5.43 Å². The van der Waals surface area contributed by atoms with E-state index in [-0.39, 0.29) is 5.72 Å². The van der Waals surface area contributed by atoms with Crippen LogP contribution < -0.4 is 16.1 Å². The van der Waals surface area contributed by atoms with Crippen molar-refractivity contribution in [1.82, 2.24) is 11.0 Å². The number of thiophene rings is 1. The topological polar surface area (TPSA) is 36.5 Å². The van der Waals surface area contributed by atoms with E-state index in [1.54, 1.807) is 11.3 Å². The molecule has 2 aromatic rings. The third kappa shape index (κ3) is 1.93. The summed E-state index contributed by atoms with van der Waals surface area (Å²) in [6, 6.07) is 8.17. The second-order valence-electron chi connectivity index (χ2n) is 6.69. The van der Waals surface area contributed by atoms with Gasteiger partial charge in [-0.1, -0.05) is 29.3 Å². The predicted molar refractivity (Wildman–Crippen MR) is 89.5 cm³/mol. The lowest BCUT2D eigenvalue weighted by Gasteiger charge is -2.47. The highest BCUT2D eigenvalue weighted by atomic mass is 35.5. The SMILES string of the molecule is Clc1cccc2cc(N3NOC4(CC5CCC4CC5)N3)sc12. The molecule has 1 aromatic heterocycles. The van der Waals surface area contributed by atoms with Crippen molar-refractivity contribution < 1.29 is 4.84 Å². The fourth-order valence-corrected chi connectivity index (χ4v) is 5.55. The zero-order valence-corrected chi connectivity index (χ0v) is 13.7. The minimum absolute atomic E-state index is 0.221. The van der Waals surface area contributed by atoms with Gasteiger partial charge in [-0.15, -0.1) is 11.3 Å². The molecule has 116 valence electrons. The second-order valence-corrected chi connectivity index (χ2v) is 8.13. The Labute approximate surface area is 138 Å². The van der Waals surface area contributed by atoms with Crippen molar-refractivity contribution in [2.75, 3.05) is 5.12 Å². The maximum absolute atomic E-state index is 6.29. The standard InChI is InChI=1S/C16H18ClN3OS/c17-13-3-1-2-11-8-14(22-15(11)13)20-18-16(21-19-20)9-10-4-6-12(16)7-5-10/h1-3,8,10,12,18-19H,4-7,9H2. The zero-order valence-electron chi connectivity index (χ0n) is 12.1. The quantitative estimate of drug-likeness (QED) is 0.818. The molecule has 2 bridgehead atoms. The molecular weight excluding hydrogens is 318 g/mol. The molecule has 4 fully saturated rings. The van der Waals surface area contributed by atoms with Gasteiger partial charge in [-0.3, -0.25) is 4.84 Å². The maximum Gasteiger partial charge on any atom is 0.163 e. The molecule has 2 heterocycles. The van der Waals surface area contributed by atoms with Crippen LogP contribution in [-0.2, 0) is 4.84 Å². The Morgan fingerprint density at radius 1 is 1.27 bits per heavy atom. The van der Waals surface area contributed by atoms with Crippen LogP contribution in [0.3, 0.4) is 0 Å². The van der Waals surface area contributed by atoms with Gasteiger partial charge in [0.05, 0.1) is 9.72 Å². The first-order chi connectivity index (χ1) is 10.7. The van der Waals surface area contributed by atoms with E-state index in [0.29, 0.717) is 5.92 Å². The first-order valence-electron chi connectivity index (χ1n) is 7.93. The Balaban J connectivity index is 1.46. The average Bonchev–Trinajstić information content (AvgIpc) is 3.14. The zero-order chi connectivity index (χ0) is 14.7. The molecular formula is C16H18ClN3OS. The van der Waals surface area contributed by atoms with E-state index in [1.165, 1.54) is 31.1 Å². The molecule has 0 amide bonds. The van der Waals surface area contributed by atoms with Crippen LogP contribution in [0.15, 0.2) is 24.3 Å². The van der Waals surface area contributed by atoms with E-state index >= 15 is 0 Å². The highest BCUT2D eigenvalue weighted by molar-refractivity contribution is 7.23. The van der Waals surface area contributed by atoms with E-state index in [0.717, 1.165) is 27.1 Å². The highest BCUT2D eigenvalue weighted by Gasteiger charge is 2.53. The number of rotatable bonds is 1. The maximum atomic E-state index is 6.29. The van der Waals surface area contributed by atoms with Gasteiger partial charge in [0.2, 0.25) is 0 Å². The van der Waals surface area contributed by atoms with Gasteiger partial charge >= 0.3 is 0 Å². The molecule has 6 rings (SSSR count). The lowest BCUT2D eigenvalue weighted by Crippen LogP contribution is -2.57. The molecule has 3 aliphatic carbocycles. The van der Waals surface area contributed by atoms with Gasteiger partial charge in [0.1, 0.15) is 5.00 Å². The lowest BCUT2D eigenvalue weighted by molar-refractivity contribution is -0.153. The molecule has 22 heavy (non-hydrogen) atoms. The summed E-state index contributed by atoms with van der Waals surface area (Å²) in [6.45, 7) is 0. The first-order valence-corrected chi connectivity index (χ1v) is 9.13. The molecule has 4 aliphatic rings. The Hall–Kier alpha value is -0.850. The summed E-state index contributed by atoms with van der Waals surface area (Å²) in [5, 5.41) is 4.99. The van der Waals surface area contributed by atoms with Crippen LogP contribution in [0, 0.1) is 11.8 Å². The van der Waals surface area contributed by atoms with E-state index in [1.807, 2.05) is 17.3 Å². The molecule has 1 spiro atoms. The third-order valence-electron chi connectivity index (χ3n) is 5.42. The summed E-state index contributed by atoms with van der Waals surface area (Å²) in [6.07, 6.45) is 6.36. The second kappa shape index (κ2) is 4.82. The Kier molecular flexibility index (Phi) is 2.98. The number of halogens is 1. The minimum atomic E-state index is -0.221.